The molecule has 1 aromatic heterocycles. The largest absolute Gasteiger partial charge is 0.493 e. The maximum absolute atomic E-state index is 12.9. The Labute approximate surface area is 188 Å². The molecule has 32 heavy (non-hydrogen) atoms. The maximum atomic E-state index is 12.9. The van der Waals surface area contributed by atoms with Gasteiger partial charge in [0.25, 0.3) is 0 Å². The van der Waals surface area contributed by atoms with Gasteiger partial charge >= 0.3 is 5.97 Å². The number of Topliss-reactive ketones (excluding diaryl/α,β-unsaturated/α-hetero) is 1. The summed E-state index contributed by atoms with van der Waals surface area (Å²) in [5, 5.41) is 9.44. The Hall–Kier alpha value is -2.93. The molecule has 2 heterocycles. The molecule has 1 N–H and O–H groups in total. The van der Waals surface area contributed by atoms with Crippen molar-refractivity contribution in [3.63, 3.8) is 0 Å². The highest BCUT2D eigenvalue weighted by Crippen LogP contribution is 2.40. The molecule has 0 fully saturated rings. The smallest absolute Gasteiger partial charge is 0.341 e. The minimum absolute atomic E-state index is 0.0147. The number of hydrogen-bond donors (Lipinski definition) is 1. The molecule has 172 valence electrons. The minimum Gasteiger partial charge on any atom is -0.493 e. The third kappa shape index (κ3) is 4.78. The van der Waals surface area contributed by atoms with E-state index in [9.17, 15) is 19.5 Å². The molecule has 1 aliphatic heterocycles. The van der Waals surface area contributed by atoms with Crippen LogP contribution in [0.3, 0.4) is 0 Å². The van der Waals surface area contributed by atoms with Gasteiger partial charge in [0, 0.05) is 50.4 Å². The van der Waals surface area contributed by atoms with E-state index in [-0.39, 0.29) is 23.3 Å². The van der Waals surface area contributed by atoms with Crippen molar-refractivity contribution in [3.05, 3.63) is 51.3 Å². The first kappa shape index (κ1) is 23.7. The molecular weight excluding hydrogens is 410 g/mol. The zero-order valence-corrected chi connectivity index (χ0v) is 19.1. The molecule has 1 aliphatic rings. The molecule has 1 atom stereocenters. The Morgan fingerprint density at radius 1 is 1.19 bits per heavy atom. The maximum Gasteiger partial charge on any atom is 0.341 e. The van der Waals surface area contributed by atoms with Crippen molar-refractivity contribution >= 4 is 11.8 Å². The summed E-state index contributed by atoms with van der Waals surface area (Å²) < 4.78 is 12.9. The van der Waals surface area contributed by atoms with Crippen LogP contribution in [0.4, 0.5) is 0 Å². The molecule has 0 bridgehead atoms. The highest BCUT2D eigenvalue weighted by atomic mass is 16.5. The van der Waals surface area contributed by atoms with Crippen molar-refractivity contribution in [2.24, 2.45) is 5.92 Å². The van der Waals surface area contributed by atoms with Crippen LogP contribution in [0.15, 0.2) is 29.2 Å². The topological polar surface area (TPSA) is 94.8 Å². The van der Waals surface area contributed by atoms with Crippen molar-refractivity contribution in [3.8, 4) is 17.0 Å². The number of rotatable bonds is 10. The molecule has 0 amide bonds. The number of ketones is 1. The normalized spacial score (nSPS) is 14.7. The monoisotopic (exact) mass is 441 g/mol. The summed E-state index contributed by atoms with van der Waals surface area (Å²) in [6.07, 6.45) is 3.91. The lowest BCUT2D eigenvalue weighted by molar-refractivity contribution is 0.0694. The molecule has 7 heteroatoms. The number of carbonyl (C=O) groups excluding carboxylic acids is 1. The number of aromatic carboxylic acids is 1. The number of pyridine rings is 1. The Kier molecular flexibility index (Phi) is 7.51. The third-order valence-electron chi connectivity index (χ3n) is 5.88. The Morgan fingerprint density at radius 2 is 1.94 bits per heavy atom. The highest BCUT2D eigenvalue weighted by Gasteiger charge is 2.30. The van der Waals surface area contributed by atoms with Crippen LogP contribution >= 0.6 is 0 Å². The summed E-state index contributed by atoms with van der Waals surface area (Å²) in [5.74, 6) is -0.492. The van der Waals surface area contributed by atoms with Crippen LogP contribution in [0.2, 0.25) is 0 Å². The predicted molar refractivity (Wildman–Crippen MR) is 122 cm³/mol. The first-order valence-electron chi connectivity index (χ1n) is 11.1. The van der Waals surface area contributed by atoms with Gasteiger partial charge in [0.2, 0.25) is 0 Å². The minimum atomic E-state index is -1.24. The third-order valence-corrected chi connectivity index (χ3v) is 5.88. The second kappa shape index (κ2) is 10.1. The summed E-state index contributed by atoms with van der Waals surface area (Å²) in [6.45, 7) is 7.09. The summed E-state index contributed by atoms with van der Waals surface area (Å²) >= 11 is 0. The fourth-order valence-corrected chi connectivity index (χ4v) is 4.19. The molecular formula is C25H31NO6. The number of methoxy groups -OCH3 is 1. The van der Waals surface area contributed by atoms with E-state index in [0.29, 0.717) is 55.9 Å². The molecule has 7 nitrogen and oxygen atoms in total. The molecule has 0 saturated heterocycles. The quantitative estimate of drug-likeness (QED) is 0.435. The molecule has 0 aliphatic carbocycles. The number of ether oxygens (including phenoxy) is 2. The van der Waals surface area contributed by atoms with E-state index in [0.717, 1.165) is 11.1 Å². The first-order chi connectivity index (χ1) is 15.3. The van der Waals surface area contributed by atoms with Gasteiger partial charge in [-0.05, 0) is 36.5 Å². The lowest BCUT2D eigenvalue weighted by Gasteiger charge is -2.34. The number of hydrogen-bond acceptors (Lipinski definition) is 5. The Morgan fingerprint density at radius 3 is 2.56 bits per heavy atom. The van der Waals surface area contributed by atoms with Gasteiger partial charge in [-0.2, -0.15) is 0 Å². The van der Waals surface area contributed by atoms with Crippen LogP contribution in [0.25, 0.3) is 11.3 Å². The lowest BCUT2D eigenvalue weighted by Crippen LogP contribution is -2.28. The van der Waals surface area contributed by atoms with Crippen molar-refractivity contribution in [2.75, 3.05) is 20.3 Å². The van der Waals surface area contributed by atoms with E-state index in [4.69, 9.17) is 9.47 Å². The van der Waals surface area contributed by atoms with Gasteiger partial charge in [-0.1, -0.05) is 20.8 Å². The Balaban J connectivity index is 2.17. The standard InChI is InChI=1S/C25H31NO6/c1-5-7-22(27)18-12-17-16(11-24(18)32-9-6-8-31-4)10-20(15(2)3)26-14-19(25(29)30)23(28)13-21(17)26/h11-15,20H,5-10H2,1-4H3,(H,29,30). The molecule has 0 spiro atoms. The van der Waals surface area contributed by atoms with Crippen molar-refractivity contribution in [1.29, 1.82) is 0 Å². The van der Waals surface area contributed by atoms with Gasteiger partial charge in [-0.3, -0.25) is 9.59 Å². The molecule has 1 unspecified atom stereocenters. The van der Waals surface area contributed by atoms with Crippen molar-refractivity contribution in [1.82, 2.24) is 4.57 Å². The molecule has 1 aromatic carbocycles. The van der Waals surface area contributed by atoms with Crippen LogP contribution < -0.4 is 10.2 Å². The van der Waals surface area contributed by atoms with Gasteiger partial charge < -0.3 is 19.1 Å². The molecule has 2 aromatic rings. The second-order valence-electron chi connectivity index (χ2n) is 8.54. The summed E-state index contributed by atoms with van der Waals surface area (Å²) in [5.41, 5.74) is 2.10. The van der Waals surface area contributed by atoms with Gasteiger partial charge in [-0.15, -0.1) is 0 Å². The summed E-state index contributed by atoms with van der Waals surface area (Å²) in [7, 11) is 1.64. The average molecular weight is 442 g/mol. The molecule has 0 radical (unpaired) electrons. The molecule has 0 saturated carbocycles. The van der Waals surface area contributed by atoms with Crippen LogP contribution in [0.5, 0.6) is 5.75 Å². The van der Waals surface area contributed by atoms with E-state index in [1.54, 1.807) is 13.2 Å². The van der Waals surface area contributed by atoms with Crippen LogP contribution in [0, 0.1) is 5.92 Å². The zero-order chi connectivity index (χ0) is 23.4. The summed E-state index contributed by atoms with van der Waals surface area (Å²) in [4.78, 5) is 36.9. The van der Waals surface area contributed by atoms with E-state index < -0.39 is 11.4 Å². The number of aromatic nitrogens is 1. The number of benzene rings is 1. The highest BCUT2D eigenvalue weighted by molar-refractivity contribution is 6.00. The molecule has 3 rings (SSSR count). The lowest BCUT2D eigenvalue weighted by atomic mass is 9.85. The van der Waals surface area contributed by atoms with Crippen molar-refractivity contribution in [2.45, 2.75) is 52.5 Å². The van der Waals surface area contributed by atoms with E-state index in [2.05, 4.69) is 13.8 Å². The number of carbonyl (C=O) groups is 2. The van der Waals surface area contributed by atoms with Crippen LogP contribution in [-0.2, 0) is 11.2 Å². The van der Waals surface area contributed by atoms with Crippen molar-refractivity contribution < 1.29 is 24.2 Å². The SMILES string of the molecule is CCCC(=O)c1cc2c(cc1OCCCOC)CC(C(C)C)n1cc(C(=O)O)c(=O)cc1-2. The van der Waals surface area contributed by atoms with E-state index in [1.165, 1.54) is 12.3 Å². The van der Waals surface area contributed by atoms with E-state index in [1.807, 2.05) is 17.6 Å². The average Bonchev–Trinajstić information content (AvgIpc) is 2.75. The van der Waals surface area contributed by atoms with Crippen LogP contribution in [-0.4, -0.2) is 41.7 Å². The van der Waals surface area contributed by atoms with Gasteiger partial charge in [0.1, 0.15) is 11.3 Å². The Bertz CT molecular complexity index is 1070. The number of fused-ring (bicyclic) bond motifs is 3. The van der Waals surface area contributed by atoms with Crippen LogP contribution in [0.1, 0.15) is 72.4 Å². The second-order valence-corrected chi connectivity index (χ2v) is 8.54. The van der Waals surface area contributed by atoms with Gasteiger partial charge in [0.15, 0.2) is 11.2 Å². The van der Waals surface area contributed by atoms with E-state index >= 15 is 0 Å². The van der Waals surface area contributed by atoms with Gasteiger partial charge in [-0.25, -0.2) is 4.79 Å². The summed E-state index contributed by atoms with van der Waals surface area (Å²) in [6, 6.07) is 5.08. The zero-order valence-electron chi connectivity index (χ0n) is 19.1. The fraction of sp³-hybridized carbons (Fsp3) is 0.480. The predicted octanol–water partition coefficient (Wildman–Crippen LogP) is 4.36. The number of carboxylic acids is 1. The fourth-order valence-electron chi connectivity index (χ4n) is 4.19. The number of carboxylic acid groups (broad SMARTS) is 1. The number of nitrogens with zero attached hydrogens (tertiary/aromatic N) is 1. The van der Waals surface area contributed by atoms with Gasteiger partial charge in [0.05, 0.1) is 17.9 Å². The first-order valence-corrected chi connectivity index (χ1v) is 11.1.